The van der Waals surface area contributed by atoms with E-state index < -0.39 is 0 Å². The molecule has 3 heteroatoms. The third-order valence-electron chi connectivity index (χ3n) is 3.14. The minimum atomic E-state index is -0.112. The summed E-state index contributed by atoms with van der Waals surface area (Å²) in [5.41, 5.74) is 0. The molecule has 0 aromatic heterocycles. The fourth-order valence-corrected chi connectivity index (χ4v) is 1.99. The molecule has 0 amide bonds. The first-order valence-corrected chi connectivity index (χ1v) is 5.47. The summed E-state index contributed by atoms with van der Waals surface area (Å²) in [6.07, 6.45) is 3.67. The van der Waals surface area contributed by atoms with Crippen molar-refractivity contribution in [3.8, 4) is 0 Å². The lowest BCUT2D eigenvalue weighted by Gasteiger charge is -2.25. The SMILES string of the molecule is COC(=O)C(C)N1CCCC(C)CC1. The van der Waals surface area contributed by atoms with E-state index in [9.17, 15) is 4.79 Å². The Kier molecular flexibility index (Phi) is 4.39. The van der Waals surface area contributed by atoms with Crippen molar-refractivity contribution in [2.24, 2.45) is 5.92 Å². The number of carbonyl (C=O) groups is 1. The lowest BCUT2D eigenvalue weighted by molar-refractivity contribution is -0.146. The summed E-state index contributed by atoms with van der Waals surface area (Å²) in [7, 11) is 1.46. The van der Waals surface area contributed by atoms with Crippen LogP contribution in [0.4, 0.5) is 0 Å². The van der Waals surface area contributed by atoms with Gasteiger partial charge in [0.15, 0.2) is 0 Å². The number of rotatable bonds is 2. The molecule has 0 aromatic rings. The van der Waals surface area contributed by atoms with Crippen LogP contribution < -0.4 is 0 Å². The molecule has 0 spiro atoms. The Bertz CT molecular complexity index is 194. The third-order valence-corrected chi connectivity index (χ3v) is 3.14. The standard InChI is InChI=1S/C11H21NO2/c1-9-5-4-7-12(8-6-9)10(2)11(13)14-3/h9-10H,4-8H2,1-3H3. The summed E-state index contributed by atoms with van der Waals surface area (Å²) in [6, 6.07) is -0.0784. The predicted octanol–water partition coefficient (Wildman–Crippen LogP) is 1.67. The minimum absolute atomic E-state index is 0.0784. The highest BCUT2D eigenvalue weighted by Crippen LogP contribution is 2.18. The van der Waals surface area contributed by atoms with Gasteiger partial charge in [0, 0.05) is 0 Å². The van der Waals surface area contributed by atoms with Crippen LogP contribution in [-0.2, 0) is 9.53 Å². The molecule has 0 aromatic carbocycles. The van der Waals surface area contributed by atoms with Crippen LogP contribution >= 0.6 is 0 Å². The van der Waals surface area contributed by atoms with Gasteiger partial charge in [-0.25, -0.2) is 0 Å². The van der Waals surface area contributed by atoms with Crippen LogP contribution in [0, 0.1) is 5.92 Å². The molecule has 1 aliphatic rings. The van der Waals surface area contributed by atoms with Crippen molar-refractivity contribution in [3.63, 3.8) is 0 Å². The molecule has 0 radical (unpaired) electrons. The molecule has 14 heavy (non-hydrogen) atoms. The number of methoxy groups -OCH3 is 1. The quantitative estimate of drug-likeness (QED) is 0.634. The van der Waals surface area contributed by atoms with E-state index in [1.807, 2.05) is 6.92 Å². The summed E-state index contributed by atoms with van der Waals surface area (Å²) >= 11 is 0. The van der Waals surface area contributed by atoms with E-state index in [2.05, 4.69) is 11.8 Å². The molecule has 0 N–H and O–H groups in total. The molecule has 0 bridgehead atoms. The van der Waals surface area contributed by atoms with Gasteiger partial charge in [0.1, 0.15) is 6.04 Å². The molecule has 1 saturated heterocycles. The average Bonchev–Trinajstić information content (AvgIpc) is 2.40. The smallest absolute Gasteiger partial charge is 0.322 e. The third kappa shape index (κ3) is 2.98. The Balaban J connectivity index is 2.46. The zero-order valence-corrected chi connectivity index (χ0v) is 9.45. The Morgan fingerprint density at radius 2 is 2.14 bits per heavy atom. The van der Waals surface area contributed by atoms with Gasteiger partial charge in [-0.15, -0.1) is 0 Å². The van der Waals surface area contributed by atoms with Gasteiger partial charge >= 0.3 is 5.97 Å². The van der Waals surface area contributed by atoms with Crippen molar-refractivity contribution in [3.05, 3.63) is 0 Å². The van der Waals surface area contributed by atoms with Crippen LogP contribution in [-0.4, -0.2) is 37.1 Å². The van der Waals surface area contributed by atoms with Crippen molar-refractivity contribution in [1.82, 2.24) is 4.90 Å². The normalized spacial score (nSPS) is 26.6. The average molecular weight is 199 g/mol. The van der Waals surface area contributed by atoms with Crippen LogP contribution in [0.25, 0.3) is 0 Å². The lowest BCUT2D eigenvalue weighted by atomic mass is 10.0. The van der Waals surface area contributed by atoms with Gasteiger partial charge in [-0.05, 0) is 45.2 Å². The van der Waals surface area contributed by atoms with Gasteiger partial charge in [-0.3, -0.25) is 9.69 Å². The number of esters is 1. The molecule has 3 nitrogen and oxygen atoms in total. The number of ether oxygens (including phenoxy) is 1. The zero-order valence-electron chi connectivity index (χ0n) is 9.45. The molecular formula is C11H21NO2. The largest absolute Gasteiger partial charge is 0.468 e. The first kappa shape index (κ1) is 11.5. The van der Waals surface area contributed by atoms with E-state index in [0.29, 0.717) is 0 Å². The topological polar surface area (TPSA) is 29.5 Å². The van der Waals surface area contributed by atoms with Gasteiger partial charge in [0.05, 0.1) is 7.11 Å². The van der Waals surface area contributed by atoms with Gasteiger partial charge in [0.2, 0.25) is 0 Å². The number of carbonyl (C=O) groups excluding carboxylic acids is 1. The second-order valence-corrected chi connectivity index (χ2v) is 4.27. The maximum atomic E-state index is 11.3. The second kappa shape index (κ2) is 5.35. The van der Waals surface area contributed by atoms with Crippen molar-refractivity contribution in [1.29, 1.82) is 0 Å². The van der Waals surface area contributed by atoms with Gasteiger partial charge in [-0.2, -0.15) is 0 Å². The first-order valence-electron chi connectivity index (χ1n) is 5.47. The monoisotopic (exact) mass is 199 g/mol. The summed E-state index contributed by atoms with van der Waals surface area (Å²) < 4.78 is 4.75. The van der Waals surface area contributed by atoms with Crippen molar-refractivity contribution in [2.75, 3.05) is 20.2 Å². The van der Waals surface area contributed by atoms with E-state index in [-0.39, 0.29) is 12.0 Å². The van der Waals surface area contributed by atoms with Crippen molar-refractivity contribution >= 4 is 5.97 Å². The zero-order chi connectivity index (χ0) is 10.6. The molecule has 1 heterocycles. The predicted molar refractivity (Wildman–Crippen MR) is 56.1 cm³/mol. The highest BCUT2D eigenvalue weighted by atomic mass is 16.5. The number of likely N-dealkylation sites (tertiary alicyclic amines) is 1. The Morgan fingerprint density at radius 3 is 2.79 bits per heavy atom. The Labute approximate surface area is 86.4 Å². The van der Waals surface area contributed by atoms with E-state index in [1.54, 1.807) is 0 Å². The van der Waals surface area contributed by atoms with E-state index in [0.717, 1.165) is 19.0 Å². The fourth-order valence-electron chi connectivity index (χ4n) is 1.99. The summed E-state index contributed by atoms with van der Waals surface area (Å²) in [5, 5.41) is 0. The van der Waals surface area contributed by atoms with Gasteiger partial charge < -0.3 is 4.74 Å². The Morgan fingerprint density at radius 1 is 1.43 bits per heavy atom. The fraction of sp³-hybridized carbons (Fsp3) is 0.909. The molecule has 2 atom stereocenters. The molecule has 1 fully saturated rings. The van der Waals surface area contributed by atoms with Crippen LogP contribution in [0.5, 0.6) is 0 Å². The van der Waals surface area contributed by atoms with E-state index >= 15 is 0 Å². The molecule has 2 unspecified atom stereocenters. The number of hydrogen-bond donors (Lipinski definition) is 0. The summed E-state index contributed by atoms with van der Waals surface area (Å²) in [4.78, 5) is 13.6. The maximum Gasteiger partial charge on any atom is 0.322 e. The number of nitrogens with zero attached hydrogens (tertiary/aromatic N) is 1. The lowest BCUT2D eigenvalue weighted by Crippen LogP contribution is -2.40. The highest BCUT2D eigenvalue weighted by molar-refractivity contribution is 5.75. The Hall–Kier alpha value is -0.570. The van der Waals surface area contributed by atoms with Crippen LogP contribution in [0.15, 0.2) is 0 Å². The second-order valence-electron chi connectivity index (χ2n) is 4.27. The molecule has 0 saturated carbocycles. The van der Waals surface area contributed by atoms with Gasteiger partial charge in [-0.1, -0.05) is 6.92 Å². The molecule has 1 aliphatic heterocycles. The van der Waals surface area contributed by atoms with Crippen LogP contribution in [0.3, 0.4) is 0 Å². The number of hydrogen-bond acceptors (Lipinski definition) is 3. The highest BCUT2D eigenvalue weighted by Gasteiger charge is 2.23. The molecular weight excluding hydrogens is 178 g/mol. The van der Waals surface area contributed by atoms with Crippen molar-refractivity contribution in [2.45, 2.75) is 39.2 Å². The van der Waals surface area contributed by atoms with Gasteiger partial charge in [0.25, 0.3) is 0 Å². The van der Waals surface area contributed by atoms with Crippen LogP contribution in [0.1, 0.15) is 33.1 Å². The maximum absolute atomic E-state index is 11.3. The van der Waals surface area contributed by atoms with E-state index in [4.69, 9.17) is 4.74 Å². The van der Waals surface area contributed by atoms with Crippen molar-refractivity contribution < 1.29 is 9.53 Å². The molecule has 1 rings (SSSR count). The van der Waals surface area contributed by atoms with E-state index in [1.165, 1.54) is 26.4 Å². The molecule has 0 aliphatic carbocycles. The van der Waals surface area contributed by atoms with Crippen LogP contribution in [0.2, 0.25) is 0 Å². The first-order chi connectivity index (χ1) is 6.65. The summed E-state index contributed by atoms with van der Waals surface area (Å²) in [5.74, 6) is 0.685. The molecule has 82 valence electrons. The minimum Gasteiger partial charge on any atom is -0.468 e. The summed E-state index contributed by atoms with van der Waals surface area (Å²) in [6.45, 7) is 6.27.